The molecule has 1 aromatic heterocycles. The van der Waals surface area contributed by atoms with E-state index in [-0.39, 0.29) is 11.9 Å². The van der Waals surface area contributed by atoms with Crippen LogP contribution in [0.15, 0.2) is 23.6 Å². The van der Waals surface area contributed by atoms with E-state index in [1.54, 1.807) is 11.3 Å². The number of nitrogens with one attached hydrogen (secondary N) is 1. The fourth-order valence-electron chi connectivity index (χ4n) is 3.23. The molecule has 0 spiro atoms. The fourth-order valence-corrected chi connectivity index (χ4v) is 3.85. The van der Waals surface area contributed by atoms with Gasteiger partial charge in [-0.3, -0.25) is 4.79 Å². The van der Waals surface area contributed by atoms with Crippen molar-refractivity contribution in [3.8, 4) is 11.3 Å². The lowest BCUT2D eigenvalue weighted by Crippen LogP contribution is -2.41. The first-order valence-electron chi connectivity index (χ1n) is 8.70. The van der Waals surface area contributed by atoms with Gasteiger partial charge < -0.3 is 10.2 Å². The van der Waals surface area contributed by atoms with E-state index in [1.165, 1.54) is 16.8 Å². The van der Waals surface area contributed by atoms with Gasteiger partial charge >= 0.3 is 0 Å². The highest BCUT2D eigenvalue weighted by Gasteiger charge is 2.22. The molecule has 1 aromatic carbocycles. The van der Waals surface area contributed by atoms with E-state index in [2.05, 4.69) is 52.6 Å². The molecule has 0 bridgehead atoms. The minimum Gasteiger partial charge on any atom is -0.362 e. The topological polar surface area (TPSA) is 45.2 Å². The lowest BCUT2D eigenvalue weighted by atomic mass is 10.1. The van der Waals surface area contributed by atoms with Gasteiger partial charge in [-0.1, -0.05) is 19.9 Å². The molecule has 1 amide bonds. The van der Waals surface area contributed by atoms with Crippen LogP contribution >= 0.6 is 11.3 Å². The van der Waals surface area contributed by atoms with E-state index in [4.69, 9.17) is 0 Å². The summed E-state index contributed by atoms with van der Waals surface area (Å²) < 4.78 is 0. The molecule has 0 saturated heterocycles. The zero-order valence-electron chi connectivity index (χ0n) is 14.6. The highest BCUT2D eigenvalue weighted by Crippen LogP contribution is 2.32. The molecule has 0 saturated carbocycles. The number of nitrogens with zero attached hydrogens (tertiary/aromatic N) is 2. The van der Waals surface area contributed by atoms with Crippen molar-refractivity contribution >= 4 is 22.9 Å². The Labute approximate surface area is 147 Å². The third-order valence-corrected chi connectivity index (χ3v) is 5.44. The summed E-state index contributed by atoms with van der Waals surface area (Å²) in [5, 5.41) is 6.32. The van der Waals surface area contributed by atoms with Crippen molar-refractivity contribution in [2.45, 2.75) is 46.1 Å². The van der Waals surface area contributed by atoms with Crippen LogP contribution in [0.5, 0.6) is 0 Å². The average molecular weight is 343 g/mol. The Balaban J connectivity index is 1.70. The maximum absolute atomic E-state index is 12.3. The summed E-state index contributed by atoms with van der Waals surface area (Å²) in [4.78, 5) is 19.0. The van der Waals surface area contributed by atoms with Crippen molar-refractivity contribution < 1.29 is 4.79 Å². The third-order valence-electron chi connectivity index (χ3n) is 4.67. The van der Waals surface area contributed by atoms with Gasteiger partial charge in [0.2, 0.25) is 5.91 Å². The highest BCUT2D eigenvalue weighted by molar-refractivity contribution is 7.09. The van der Waals surface area contributed by atoms with Crippen LogP contribution in [0.3, 0.4) is 0 Å². The first kappa shape index (κ1) is 17.0. The summed E-state index contributed by atoms with van der Waals surface area (Å²) in [6.07, 6.45) is 2.95. The second kappa shape index (κ2) is 7.34. The lowest BCUT2D eigenvalue weighted by Gasteiger charge is -2.21. The monoisotopic (exact) mass is 343 g/mol. The van der Waals surface area contributed by atoms with Crippen molar-refractivity contribution in [1.29, 1.82) is 0 Å². The molecule has 0 fully saturated rings. The van der Waals surface area contributed by atoms with Gasteiger partial charge in [0, 0.05) is 29.2 Å². The van der Waals surface area contributed by atoms with Crippen molar-refractivity contribution in [2.75, 3.05) is 18.0 Å². The molecule has 2 aromatic rings. The number of thiazole rings is 1. The van der Waals surface area contributed by atoms with Gasteiger partial charge in [0.1, 0.15) is 0 Å². The maximum atomic E-state index is 12.3. The Bertz CT molecular complexity index is 721. The van der Waals surface area contributed by atoms with Crippen LogP contribution in [-0.4, -0.2) is 30.0 Å². The number of carbonyl (C=O) groups excluding carboxylic acids is 1. The van der Waals surface area contributed by atoms with Crippen molar-refractivity contribution in [2.24, 2.45) is 0 Å². The summed E-state index contributed by atoms with van der Waals surface area (Å²) in [5.41, 5.74) is 4.71. The molecule has 0 unspecified atom stereocenters. The SMILES string of the molecule is CCC(CC)NC(=O)CN1CCc2cc(-c3csc(C)n3)ccc21. The van der Waals surface area contributed by atoms with E-state index >= 15 is 0 Å². The van der Waals surface area contributed by atoms with Gasteiger partial charge in [-0.2, -0.15) is 0 Å². The number of benzene rings is 1. The number of amides is 1. The number of rotatable bonds is 6. The molecule has 5 heteroatoms. The van der Waals surface area contributed by atoms with E-state index in [0.29, 0.717) is 6.54 Å². The van der Waals surface area contributed by atoms with Crippen LogP contribution in [0.1, 0.15) is 37.3 Å². The number of hydrogen-bond donors (Lipinski definition) is 1. The number of hydrogen-bond acceptors (Lipinski definition) is 4. The minimum absolute atomic E-state index is 0.121. The van der Waals surface area contributed by atoms with Crippen LogP contribution in [0.4, 0.5) is 5.69 Å². The van der Waals surface area contributed by atoms with Crippen LogP contribution in [0.25, 0.3) is 11.3 Å². The predicted molar refractivity (Wildman–Crippen MR) is 101 cm³/mol. The largest absolute Gasteiger partial charge is 0.362 e. The Morgan fingerprint density at radius 1 is 1.38 bits per heavy atom. The molecule has 1 aliphatic heterocycles. The lowest BCUT2D eigenvalue weighted by molar-refractivity contribution is -0.120. The molecule has 1 aliphatic rings. The molecule has 0 aliphatic carbocycles. The Morgan fingerprint density at radius 2 is 2.17 bits per heavy atom. The molecule has 1 N–H and O–H groups in total. The van der Waals surface area contributed by atoms with Gasteiger partial charge in [0.05, 0.1) is 17.2 Å². The Morgan fingerprint density at radius 3 is 2.83 bits per heavy atom. The zero-order chi connectivity index (χ0) is 17.1. The number of fused-ring (bicyclic) bond motifs is 1. The van der Waals surface area contributed by atoms with Gasteiger partial charge in [0.25, 0.3) is 0 Å². The average Bonchev–Trinajstić information content (AvgIpc) is 3.19. The first-order chi connectivity index (χ1) is 11.6. The maximum Gasteiger partial charge on any atom is 0.239 e. The van der Waals surface area contributed by atoms with Gasteiger partial charge in [-0.05, 0) is 43.9 Å². The minimum atomic E-state index is 0.121. The summed E-state index contributed by atoms with van der Waals surface area (Å²) in [6.45, 7) is 7.61. The fraction of sp³-hybridized carbons (Fsp3) is 0.474. The summed E-state index contributed by atoms with van der Waals surface area (Å²) in [5.74, 6) is 0.121. The van der Waals surface area contributed by atoms with Crippen LogP contribution in [-0.2, 0) is 11.2 Å². The number of anilines is 1. The van der Waals surface area contributed by atoms with E-state index in [0.717, 1.165) is 36.5 Å². The highest BCUT2D eigenvalue weighted by atomic mass is 32.1. The van der Waals surface area contributed by atoms with Crippen molar-refractivity contribution in [1.82, 2.24) is 10.3 Å². The van der Waals surface area contributed by atoms with Gasteiger partial charge in [-0.25, -0.2) is 4.98 Å². The van der Waals surface area contributed by atoms with Crippen LogP contribution < -0.4 is 10.2 Å². The van der Waals surface area contributed by atoms with E-state index in [9.17, 15) is 4.79 Å². The van der Waals surface area contributed by atoms with E-state index < -0.39 is 0 Å². The second-order valence-corrected chi connectivity index (χ2v) is 7.41. The molecule has 4 nitrogen and oxygen atoms in total. The summed E-state index contributed by atoms with van der Waals surface area (Å²) in [7, 11) is 0. The molecular weight excluding hydrogens is 318 g/mol. The molecule has 0 radical (unpaired) electrons. The molecule has 2 heterocycles. The van der Waals surface area contributed by atoms with Gasteiger partial charge in [-0.15, -0.1) is 11.3 Å². The molecule has 0 atom stereocenters. The van der Waals surface area contributed by atoms with Crippen LogP contribution in [0.2, 0.25) is 0 Å². The Kier molecular flexibility index (Phi) is 5.19. The zero-order valence-corrected chi connectivity index (χ0v) is 15.4. The number of aryl methyl sites for hydroxylation is 1. The third kappa shape index (κ3) is 3.61. The molecule has 3 rings (SSSR count). The number of aromatic nitrogens is 1. The smallest absolute Gasteiger partial charge is 0.239 e. The summed E-state index contributed by atoms with van der Waals surface area (Å²) >= 11 is 1.68. The first-order valence-corrected chi connectivity index (χ1v) is 9.58. The quantitative estimate of drug-likeness (QED) is 0.868. The standard InChI is InChI=1S/C19H25N3OS/c1-4-16(5-2)21-19(23)11-22-9-8-15-10-14(6-7-18(15)22)17-12-24-13(3)20-17/h6-7,10,12,16H,4-5,8-9,11H2,1-3H3,(H,21,23). The van der Waals surface area contributed by atoms with Crippen LogP contribution in [0, 0.1) is 6.92 Å². The number of carbonyl (C=O) groups is 1. The molecule has 128 valence electrons. The van der Waals surface area contributed by atoms with Crippen molar-refractivity contribution in [3.63, 3.8) is 0 Å². The van der Waals surface area contributed by atoms with E-state index in [1.807, 2.05) is 6.92 Å². The van der Waals surface area contributed by atoms with Crippen molar-refractivity contribution in [3.05, 3.63) is 34.2 Å². The van der Waals surface area contributed by atoms with Gasteiger partial charge in [0.15, 0.2) is 0 Å². The molecular formula is C19H25N3OS. The summed E-state index contributed by atoms with van der Waals surface area (Å²) in [6, 6.07) is 6.76. The normalized spacial score (nSPS) is 13.4. The predicted octanol–water partition coefficient (Wildman–Crippen LogP) is 3.79. The second-order valence-electron chi connectivity index (χ2n) is 6.35. The molecule has 24 heavy (non-hydrogen) atoms. The Hall–Kier alpha value is -1.88.